The van der Waals surface area contributed by atoms with Crippen LogP contribution in [0.15, 0.2) is 29.2 Å². The molecule has 0 aliphatic rings. The van der Waals surface area contributed by atoms with Crippen molar-refractivity contribution in [1.29, 1.82) is 0 Å². The van der Waals surface area contributed by atoms with Gasteiger partial charge in [-0.15, -0.1) is 11.8 Å². The lowest BCUT2D eigenvalue weighted by Gasteiger charge is -2.22. The van der Waals surface area contributed by atoms with E-state index >= 15 is 0 Å². The normalized spacial score (nSPS) is 11.3. The van der Waals surface area contributed by atoms with E-state index in [1.54, 1.807) is 11.8 Å². The molecule has 0 atom stereocenters. The first-order valence-corrected chi connectivity index (χ1v) is 7.66. The Bertz CT molecular complexity index is 405. The minimum absolute atomic E-state index is 0.0856. The smallest absolute Gasteiger partial charge is 0.132 e. The third kappa shape index (κ3) is 4.50. The van der Waals surface area contributed by atoms with Crippen molar-refractivity contribution in [2.75, 3.05) is 12.9 Å². The van der Waals surface area contributed by atoms with Crippen LogP contribution in [0, 0.1) is 5.41 Å². The fraction of sp³-hybridized carbons (Fsp3) is 0.500. The highest BCUT2D eigenvalue weighted by Gasteiger charge is 2.20. The van der Waals surface area contributed by atoms with Gasteiger partial charge in [-0.05, 0) is 31.2 Å². The van der Waals surface area contributed by atoms with Gasteiger partial charge < -0.3 is 10.5 Å². The maximum atomic E-state index is 5.80. The molecule has 0 saturated carbocycles. The van der Waals surface area contributed by atoms with Gasteiger partial charge in [0.05, 0.1) is 11.6 Å². The number of rotatable bonds is 7. The highest BCUT2D eigenvalue weighted by Crippen LogP contribution is 2.28. The summed E-state index contributed by atoms with van der Waals surface area (Å²) in [5.74, 6) is 0.957. The molecule has 0 bridgehead atoms. The van der Waals surface area contributed by atoms with Gasteiger partial charge in [0.15, 0.2) is 0 Å². The van der Waals surface area contributed by atoms with Crippen LogP contribution >= 0.6 is 24.0 Å². The summed E-state index contributed by atoms with van der Waals surface area (Å²) in [4.78, 5) is 1.75. The van der Waals surface area contributed by atoms with Crippen molar-refractivity contribution in [3.63, 3.8) is 0 Å². The van der Waals surface area contributed by atoms with E-state index in [9.17, 15) is 0 Å². The second-order valence-corrected chi connectivity index (χ2v) is 6.14. The van der Waals surface area contributed by atoms with Gasteiger partial charge in [0, 0.05) is 10.3 Å². The molecule has 1 aromatic rings. The second kappa shape index (κ2) is 7.00. The first kappa shape index (κ1) is 15.3. The number of hydrogen-bond acceptors (Lipinski definition) is 3. The zero-order valence-corrected chi connectivity index (χ0v) is 12.9. The van der Waals surface area contributed by atoms with E-state index in [4.69, 9.17) is 22.7 Å². The number of para-hydroxylation sites is 1. The zero-order chi connectivity index (χ0) is 13.6. The van der Waals surface area contributed by atoms with Gasteiger partial charge in [0.1, 0.15) is 5.75 Å². The van der Waals surface area contributed by atoms with E-state index in [0.29, 0.717) is 11.6 Å². The molecule has 1 rings (SSSR count). The molecule has 0 aromatic heterocycles. The summed E-state index contributed by atoms with van der Waals surface area (Å²) in [6.45, 7) is 4.85. The lowest BCUT2D eigenvalue weighted by atomic mass is 9.88. The van der Waals surface area contributed by atoms with Crippen LogP contribution in [0.2, 0.25) is 0 Å². The summed E-state index contributed by atoms with van der Waals surface area (Å²) in [6.07, 6.45) is 3.95. The monoisotopic (exact) mass is 283 g/mol. The van der Waals surface area contributed by atoms with Crippen molar-refractivity contribution >= 4 is 29.0 Å². The Hall–Kier alpha value is -0.740. The molecule has 0 aliphatic heterocycles. The largest absolute Gasteiger partial charge is 0.492 e. The van der Waals surface area contributed by atoms with Crippen LogP contribution in [0.25, 0.3) is 0 Å². The van der Waals surface area contributed by atoms with Crippen LogP contribution < -0.4 is 10.5 Å². The van der Waals surface area contributed by atoms with Crippen molar-refractivity contribution < 1.29 is 4.74 Å². The standard InChI is InChI=1S/C14H21NOS2/c1-14(2,13(15)17)9-6-10-16-11-7-4-5-8-12(11)18-3/h4-5,7-8H,6,9-10H2,1-3H3,(H2,15,17). The van der Waals surface area contributed by atoms with E-state index in [0.717, 1.165) is 18.6 Å². The Morgan fingerprint density at radius 1 is 1.39 bits per heavy atom. The van der Waals surface area contributed by atoms with Gasteiger partial charge >= 0.3 is 0 Å². The van der Waals surface area contributed by atoms with Gasteiger partial charge in [0.2, 0.25) is 0 Å². The summed E-state index contributed by atoms with van der Waals surface area (Å²) in [5.41, 5.74) is 5.61. The van der Waals surface area contributed by atoms with Crippen LogP contribution in [0.1, 0.15) is 26.7 Å². The summed E-state index contributed by atoms with van der Waals surface area (Å²) in [5, 5.41) is 0. The third-order valence-corrected chi connectivity index (χ3v) is 4.27. The van der Waals surface area contributed by atoms with Crippen LogP contribution in [0.4, 0.5) is 0 Å². The summed E-state index contributed by atoms with van der Waals surface area (Å²) in [7, 11) is 0. The fourth-order valence-electron chi connectivity index (χ4n) is 1.56. The SMILES string of the molecule is CSc1ccccc1OCCCC(C)(C)C(N)=S. The number of hydrogen-bond donors (Lipinski definition) is 1. The van der Waals surface area contributed by atoms with Crippen molar-refractivity contribution in [2.45, 2.75) is 31.6 Å². The topological polar surface area (TPSA) is 35.2 Å². The molecule has 0 heterocycles. The fourth-order valence-corrected chi connectivity index (χ4v) is 2.20. The molecule has 0 saturated heterocycles. The van der Waals surface area contributed by atoms with Gasteiger partial charge in [-0.3, -0.25) is 0 Å². The molecule has 0 spiro atoms. The number of thioether (sulfide) groups is 1. The lowest BCUT2D eigenvalue weighted by molar-refractivity contribution is 0.282. The van der Waals surface area contributed by atoms with Crippen molar-refractivity contribution in [2.24, 2.45) is 11.1 Å². The summed E-state index contributed by atoms with van der Waals surface area (Å²) >= 11 is 6.75. The van der Waals surface area contributed by atoms with Crippen molar-refractivity contribution in [1.82, 2.24) is 0 Å². The average molecular weight is 283 g/mol. The molecule has 2 nitrogen and oxygen atoms in total. The quantitative estimate of drug-likeness (QED) is 0.468. The maximum absolute atomic E-state index is 5.80. The molecule has 1 aromatic carbocycles. The lowest BCUT2D eigenvalue weighted by Crippen LogP contribution is -2.30. The predicted molar refractivity (Wildman–Crippen MR) is 83.5 cm³/mol. The zero-order valence-electron chi connectivity index (χ0n) is 11.2. The molecule has 2 N–H and O–H groups in total. The molecule has 0 aliphatic carbocycles. The first-order valence-electron chi connectivity index (χ1n) is 6.03. The molecule has 4 heteroatoms. The van der Waals surface area contributed by atoms with Crippen molar-refractivity contribution in [3.8, 4) is 5.75 Å². The van der Waals surface area contributed by atoms with E-state index in [1.165, 1.54) is 4.90 Å². The molecule has 0 radical (unpaired) electrons. The van der Waals surface area contributed by atoms with Crippen LogP contribution in [0.3, 0.4) is 0 Å². The van der Waals surface area contributed by atoms with E-state index in [1.807, 2.05) is 18.2 Å². The van der Waals surface area contributed by atoms with Crippen LogP contribution in [0.5, 0.6) is 5.75 Å². The van der Waals surface area contributed by atoms with Gasteiger partial charge in [-0.25, -0.2) is 0 Å². The maximum Gasteiger partial charge on any atom is 0.132 e. The molecule has 0 fully saturated rings. The van der Waals surface area contributed by atoms with Crippen LogP contribution in [-0.4, -0.2) is 17.9 Å². The molecule has 0 unspecified atom stereocenters. The summed E-state index contributed by atoms with van der Waals surface area (Å²) < 4.78 is 5.80. The Labute approximate surface area is 119 Å². The van der Waals surface area contributed by atoms with Crippen LogP contribution in [-0.2, 0) is 0 Å². The Morgan fingerprint density at radius 3 is 2.67 bits per heavy atom. The van der Waals surface area contributed by atoms with Crippen molar-refractivity contribution in [3.05, 3.63) is 24.3 Å². The molecule has 0 amide bonds. The van der Waals surface area contributed by atoms with Gasteiger partial charge in [-0.2, -0.15) is 0 Å². The molecule has 18 heavy (non-hydrogen) atoms. The minimum atomic E-state index is -0.0856. The third-order valence-electron chi connectivity index (χ3n) is 2.94. The van der Waals surface area contributed by atoms with Gasteiger partial charge in [0.25, 0.3) is 0 Å². The second-order valence-electron chi connectivity index (χ2n) is 4.85. The number of ether oxygens (including phenoxy) is 1. The average Bonchev–Trinajstić information content (AvgIpc) is 2.35. The molecule has 100 valence electrons. The summed E-state index contributed by atoms with van der Waals surface area (Å²) in [6, 6.07) is 8.09. The Balaban J connectivity index is 2.41. The minimum Gasteiger partial charge on any atom is -0.492 e. The predicted octanol–water partition coefficient (Wildman–Crippen LogP) is 3.88. The van der Waals surface area contributed by atoms with Gasteiger partial charge in [-0.1, -0.05) is 38.2 Å². The molecular weight excluding hydrogens is 262 g/mol. The highest BCUT2D eigenvalue weighted by atomic mass is 32.2. The van der Waals surface area contributed by atoms with E-state index in [-0.39, 0.29) is 5.41 Å². The molecular formula is C14H21NOS2. The Morgan fingerprint density at radius 2 is 2.06 bits per heavy atom. The first-order chi connectivity index (χ1) is 8.47. The Kier molecular flexibility index (Phi) is 5.96. The van der Waals surface area contributed by atoms with E-state index < -0.39 is 0 Å². The number of thiocarbonyl (C=S) groups is 1. The van der Waals surface area contributed by atoms with E-state index in [2.05, 4.69) is 26.2 Å². The highest BCUT2D eigenvalue weighted by molar-refractivity contribution is 7.98. The number of nitrogens with two attached hydrogens (primary N) is 1. The number of benzene rings is 1.